The maximum absolute atomic E-state index is 14.0. The van der Waals surface area contributed by atoms with E-state index in [9.17, 15) is 9.59 Å². The monoisotopic (exact) mass is 524 g/mol. The molecule has 4 rings (SSSR count). The highest BCUT2D eigenvalue weighted by atomic mass is 16.2. The number of aryl methyl sites for hydroxylation is 2. The van der Waals surface area contributed by atoms with Crippen molar-refractivity contribution in [2.75, 3.05) is 0 Å². The summed E-state index contributed by atoms with van der Waals surface area (Å²) in [5, 5.41) is 3.30. The Morgan fingerprint density at radius 1 is 0.872 bits per heavy atom. The van der Waals surface area contributed by atoms with Gasteiger partial charge in [0, 0.05) is 25.4 Å². The van der Waals surface area contributed by atoms with Gasteiger partial charge in [0.1, 0.15) is 6.04 Å². The van der Waals surface area contributed by atoms with Crippen LogP contribution in [0.4, 0.5) is 0 Å². The number of benzene rings is 3. The molecule has 0 bridgehead atoms. The molecule has 1 aliphatic carbocycles. The van der Waals surface area contributed by atoms with Gasteiger partial charge in [-0.25, -0.2) is 0 Å². The van der Waals surface area contributed by atoms with Crippen LogP contribution >= 0.6 is 0 Å². The van der Waals surface area contributed by atoms with E-state index >= 15 is 0 Å². The number of carbonyl (C=O) groups is 2. The highest BCUT2D eigenvalue weighted by molar-refractivity contribution is 5.88. The third-order valence-electron chi connectivity index (χ3n) is 8.02. The minimum absolute atomic E-state index is 0.0145. The first-order chi connectivity index (χ1) is 18.7. The van der Waals surface area contributed by atoms with Crippen LogP contribution in [0.3, 0.4) is 0 Å². The maximum Gasteiger partial charge on any atom is 0.243 e. The van der Waals surface area contributed by atoms with E-state index in [1.165, 1.54) is 5.56 Å². The normalized spacial score (nSPS) is 14.7. The number of nitrogens with one attached hydrogen (secondary N) is 1. The molecule has 206 valence electrons. The van der Waals surface area contributed by atoms with Gasteiger partial charge in [-0.1, -0.05) is 112 Å². The quantitative estimate of drug-likeness (QED) is 0.313. The Hall–Kier alpha value is -3.40. The van der Waals surface area contributed by atoms with E-state index in [1.54, 1.807) is 0 Å². The molecule has 2 amide bonds. The lowest BCUT2D eigenvalue weighted by Gasteiger charge is -2.33. The lowest BCUT2D eigenvalue weighted by molar-refractivity contribution is -0.141. The van der Waals surface area contributed by atoms with E-state index in [0.717, 1.165) is 47.9 Å². The molecule has 1 saturated carbocycles. The molecule has 4 nitrogen and oxygen atoms in total. The van der Waals surface area contributed by atoms with Crippen molar-refractivity contribution in [1.82, 2.24) is 10.2 Å². The van der Waals surface area contributed by atoms with Gasteiger partial charge in [-0.3, -0.25) is 9.59 Å². The second-order valence-electron chi connectivity index (χ2n) is 12.1. The number of hydrogen-bond acceptors (Lipinski definition) is 2. The number of amides is 2. The molecule has 4 heteroatoms. The van der Waals surface area contributed by atoms with Gasteiger partial charge in [-0.2, -0.15) is 0 Å². The molecule has 3 aromatic carbocycles. The topological polar surface area (TPSA) is 49.4 Å². The van der Waals surface area contributed by atoms with Crippen LogP contribution in [0.25, 0.3) is 0 Å². The molecule has 1 N–H and O–H groups in total. The number of hydrogen-bond donors (Lipinski definition) is 1. The zero-order valence-corrected chi connectivity index (χ0v) is 24.1. The summed E-state index contributed by atoms with van der Waals surface area (Å²) in [5.41, 5.74) is 5.78. The lowest BCUT2D eigenvalue weighted by Crippen LogP contribution is -2.52. The van der Waals surface area contributed by atoms with Crippen molar-refractivity contribution in [3.8, 4) is 0 Å². The summed E-state index contributed by atoms with van der Waals surface area (Å²) >= 11 is 0. The summed E-state index contributed by atoms with van der Waals surface area (Å²) < 4.78 is 0. The van der Waals surface area contributed by atoms with Crippen molar-refractivity contribution < 1.29 is 9.59 Å². The molecule has 1 aliphatic rings. The van der Waals surface area contributed by atoms with Crippen LogP contribution in [0.2, 0.25) is 0 Å². The van der Waals surface area contributed by atoms with E-state index in [2.05, 4.69) is 69.4 Å². The first-order valence-electron chi connectivity index (χ1n) is 14.5. The molecule has 1 atom stereocenters. The zero-order valence-electron chi connectivity index (χ0n) is 24.1. The third-order valence-corrected chi connectivity index (χ3v) is 8.02. The van der Waals surface area contributed by atoms with Crippen molar-refractivity contribution in [3.05, 3.63) is 107 Å². The van der Waals surface area contributed by atoms with Gasteiger partial charge in [0.2, 0.25) is 11.8 Å². The van der Waals surface area contributed by atoms with Gasteiger partial charge in [-0.15, -0.1) is 0 Å². The molecule has 0 saturated heterocycles. The SMILES string of the molecule is Cc1ccccc1CN(C(=O)CCc1ccc(C(C)(C)C)cc1)[C@H](Cc1ccccc1)C(=O)NC1CCCC1. The van der Waals surface area contributed by atoms with E-state index < -0.39 is 6.04 Å². The Morgan fingerprint density at radius 2 is 1.51 bits per heavy atom. The molecule has 0 heterocycles. The maximum atomic E-state index is 14.0. The predicted octanol–water partition coefficient (Wildman–Crippen LogP) is 6.92. The number of nitrogens with zero attached hydrogens (tertiary/aromatic N) is 1. The first-order valence-corrected chi connectivity index (χ1v) is 14.5. The molecular weight excluding hydrogens is 480 g/mol. The highest BCUT2D eigenvalue weighted by Crippen LogP contribution is 2.24. The Kier molecular flexibility index (Phi) is 9.61. The van der Waals surface area contributed by atoms with Gasteiger partial charge < -0.3 is 10.2 Å². The van der Waals surface area contributed by atoms with Crippen LogP contribution < -0.4 is 5.32 Å². The van der Waals surface area contributed by atoms with Crippen molar-refractivity contribution in [1.29, 1.82) is 0 Å². The smallest absolute Gasteiger partial charge is 0.243 e. The van der Waals surface area contributed by atoms with Gasteiger partial charge >= 0.3 is 0 Å². The van der Waals surface area contributed by atoms with Crippen molar-refractivity contribution in [2.45, 2.75) is 96.7 Å². The second kappa shape index (κ2) is 13.1. The predicted molar refractivity (Wildman–Crippen MR) is 160 cm³/mol. The van der Waals surface area contributed by atoms with Crippen molar-refractivity contribution in [2.24, 2.45) is 0 Å². The van der Waals surface area contributed by atoms with E-state index in [4.69, 9.17) is 0 Å². The molecule has 3 aromatic rings. The summed E-state index contributed by atoms with van der Waals surface area (Å²) in [6.07, 6.45) is 5.83. The Labute approximate surface area is 234 Å². The molecule has 39 heavy (non-hydrogen) atoms. The minimum atomic E-state index is -0.566. The summed E-state index contributed by atoms with van der Waals surface area (Å²) in [4.78, 5) is 29.6. The third kappa shape index (κ3) is 8.05. The Balaban J connectivity index is 1.59. The molecule has 1 fully saturated rings. The van der Waals surface area contributed by atoms with E-state index in [-0.39, 0.29) is 23.3 Å². The molecule has 0 radical (unpaired) electrons. The van der Waals surface area contributed by atoms with Crippen LogP contribution in [0.15, 0.2) is 78.9 Å². The fourth-order valence-corrected chi connectivity index (χ4v) is 5.46. The van der Waals surface area contributed by atoms with Crippen molar-refractivity contribution in [3.63, 3.8) is 0 Å². The van der Waals surface area contributed by atoms with Gasteiger partial charge in [0.05, 0.1) is 0 Å². The fourth-order valence-electron chi connectivity index (χ4n) is 5.46. The molecular formula is C35H44N2O2. The second-order valence-corrected chi connectivity index (χ2v) is 12.1. The Bertz CT molecular complexity index is 1220. The lowest BCUT2D eigenvalue weighted by atomic mass is 9.86. The number of carbonyl (C=O) groups excluding carboxylic acids is 2. The Morgan fingerprint density at radius 3 is 2.15 bits per heavy atom. The summed E-state index contributed by atoms with van der Waals surface area (Å²) in [5.74, 6) is -0.0251. The standard InChI is InChI=1S/C35H44N2O2/c1-26-12-8-9-15-29(26)25-37(33(38)23-20-27-18-21-30(22-19-27)35(2,3)4)32(24-28-13-6-5-7-14-28)34(39)36-31-16-10-11-17-31/h5-9,12-15,18-19,21-22,31-32H,10-11,16-17,20,23-25H2,1-4H3,(H,36,39)/t32-/m1/s1. The van der Waals surface area contributed by atoms with Crippen LogP contribution in [0.5, 0.6) is 0 Å². The molecule has 0 aromatic heterocycles. The van der Waals surface area contributed by atoms with Crippen LogP contribution in [-0.4, -0.2) is 28.8 Å². The average Bonchev–Trinajstić information content (AvgIpc) is 3.43. The largest absolute Gasteiger partial charge is 0.352 e. The number of rotatable bonds is 10. The van der Waals surface area contributed by atoms with Crippen LogP contribution in [0, 0.1) is 6.92 Å². The average molecular weight is 525 g/mol. The fraction of sp³-hybridized carbons (Fsp3) is 0.429. The summed E-state index contributed by atoms with van der Waals surface area (Å²) in [6.45, 7) is 9.11. The summed E-state index contributed by atoms with van der Waals surface area (Å²) in [6, 6.07) is 26.5. The molecule has 0 unspecified atom stereocenters. The van der Waals surface area contributed by atoms with Gasteiger partial charge in [0.15, 0.2) is 0 Å². The van der Waals surface area contributed by atoms with E-state index in [1.807, 2.05) is 47.4 Å². The molecule has 0 spiro atoms. The van der Waals surface area contributed by atoms with Crippen LogP contribution in [0.1, 0.15) is 80.7 Å². The van der Waals surface area contributed by atoms with Gasteiger partial charge in [0.25, 0.3) is 0 Å². The highest BCUT2D eigenvalue weighted by Gasteiger charge is 2.32. The van der Waals surface area contributed by atoms with Gasteiger partial charge in [-0.05, 0) is 59.4 Å². The van der Waals surface area contributed by atoms with Crippen LogP contribution in [-0.2, 0) is 34.4 Å². The van der Waals surface area contributed by atoms with Crippen molar-refractivity contribution >= 4 is 11.8 Å². The first kappa shape index (κ1) is 28.6. The molecule has 0 aliphatic heterocycles. The zero-order chi connectivity index (χ0) is 27.8. The van der Waals surface area contributed by atoms with E-state index in [0.29, 0.717) is 25.8 Å². The minimum Gasteiger partial charge on any atom is -0.352 e. The summed E-state index contributed by atoms with van der Waals surface area (Å²) in [7, 11) is 0.